The number of nitrogens with one attached hydrogen (secondary N) is 2. The first kappa shape index (κ1) is 9.01. The smallest absolute Gasteiger partial charge is 0.220 e. The Hall–Kier alpha value is -1.08. The van der Waals surface area contributed by atoms with Crippen molar-refractivity contribution >= 4 is 5.91 Å². The van der Waals surface area contributed by atoms with E-state index in [0.29, 0.717) is 13.0 Å². The summed E-state index contributed by atoms with van der Waals surface area (Å²) >= 11 is 0. The largest absolute Gasteiger partial charge is 0.352 e. The van der Waals surface area contributed by atoms with E-state index < -0.39 is 0 Å². The van der Waals surface area contributed by atoms with E-state index in [1.807, 2.05) is 0 Å². The van der Waals surface area contributed by atoms with Crippen molar-refractivity contribution in [2.45, 2.75) is 31.8 Å². The minimum atomic E-state index is -0.137. The minimum Gasteiger partial charge on any atom is -0.352 e. The van der Waals surface area contributed by atoms with E-state index in [0.717, 1.165) is 6.42 Å². The van der Waals surface area contributed by atoms with Gasteiger partial charge in [0.15, 0.2) is 0 Å². The van der Waals surface area contributed by atoms with Crippen molar-refractivity contribution in [2.24, 2.45) is 0 Å². The number of carbonyl (C=O) groups excluding carboxylic acids is 1. The highest BCUT2D eigenvalue weighted by atomic mass is 16.1. The van der Waals surface area contributed by atoms with E-state index >= 15 is 0 Å². The van der Waals surface area contributed by atoms with Crippen LogP contribution >= 0.6 is 0 Å². The molecule has 1 heterocycles. The summed E-state index contributed by atoms with van der Waals surface area (Å²) < 4.78 is 0. The minimum absolute atomic E-state index is 0.117. The summed E-state index contributed by atoms with van der Waals surface area (Å²) in [5.74, 6) is 0.117. The number of amides is 1. The Balaban J connectivity index is 2.17. The number of nitriles is 1. The van der Waals surface area contributed by atoms with Crippen LogP contribution in [0.2, 0.25) is 0 Å². The van der Waals surface area contributed by atoms with Crippen molar-refractivity contribution in [1.82, 2.24) is 10.6 Å². The van der Waals surface area contributed by atoms with Crippen molar-refractivity contribution in [3.05, 3.63) is 0 Å². The SMILES string of the molecule is CC(C#N)NCC1CCC(=O)N1. The Kier molecular flexibility index (Phi) is 3.06. The molecule has 0 aromatic carbocycles. The molecule has 66 valence electrons. The first-order valence-corrected chi connectivity index (χ1v) is 4.14. The average molecular weight is 167 g/mol. The molecule has 4 heteroatoms. The molecule has 1 rings (SSSR count). The third kappa shape index (κ3) is 2.51. The molecule has 0 aromatic heterocycles. The van der Waals surface area contributed by atoms with Crippen molar-refractivity contribution in [1.29, 1.82) is 5.26 Å². The maximum Gasteiger partial charge on any atom is 0.220 e. The van der Waals surface area contributed by atoms with E-state index in [2.05, 4.69) is 16.7 Å². The molecule has 4 nitrogen and oxygen atoms in total. The summed E-state index contributed by atoms with van der Waals surface area (Å²) in [6.07, 6.45) is 1.50. The summed E-state index contributed by atoms with van der Waals surface area (Å²) in [5.41, 5.74) is 0. The Bertz CT molecular complexity index is 209. The van der Waals surface area contributed by atoms with Gasteiger partial charge in [0.25, 0.3) is 0 Å². The van der Waals surface area contributed by atoms with E-state index in [-0.39, 0.29) is 18.0 Å². The topological polar surface area (TPSA) is 64.9 Å². The standard InChI is InChI=1S/C8H13N3O/c1-6(4-9)10-5-7-2-3-8(12)11-7/h6-7,10H,2-3,5H2,1H3,(H,11,12). The van der Waals surface area contributed by atoms with Crippen LogP contribution in [-0.4, -0.2) is 24.5 Å². The van der Waals surface area contributed by atoms with Crippen molar-refractivity contribution in [2.75, 3.05) is 6.54 Å². The molecule has 0 aliphatic carbocycles. The third-order valence-electron chi connectivity index (χ3n) is 1.95. The van der Waals surface area contributed by atoms with Gasteiger partial charge in [-0.05, 0) is 13.3 Å². The monoisotopic (exact) mass is 167 g/mol. The maximum absolute atomic E-state index is 10.8. The molecule has 1 aliphatic rings. The Morgan fingerprint density at radius 1 is 1.92 bits per heavy atom. The average Bonchev–Trinajstić information content (AvgIpc) is 2.47. The molecule has 12 heavy (non-hydrogen) atoms. The highest BCUT2D eigenvalue weighted by Gasteiger charge is 2.20. The molecule has 0 saturated carbocycles. The fraction of sp³-hybridized carbons (Fsp3) is 0.750. The maximum atomic E-state index is 10.8. The van der Waals surface area contributed by atoms with Gasteiger partial charge in [-0.3, -0.25) is 4.79 Å². The molecule has 1 saturated heterocycles. The lowest BCUT2D eigenvalue weighted by molar-refractivity contribution is -0.119. The molecule has 0 spiro atoms. The van der Waals surface area contributed by atoms with Gasteiger partial charge in [-0.25, -0.2) is 0 Å². The molecule has 1 aliphatic heterocycles. The molecule has 1 fully saturated rings. The lowest BCUT2D eigenvalue weighted by atomic mass is 10.2. The molecule has 0 bridgehead atoms. The van der Waals surface area contributed by atoms with Crippen LogP contribution in [0.4, 0.5) is 0 Å². The zero-order valence-corrected chi connectivity index (χ0v) is 7.13. The molecule has 2 N–H and O–H groups in total. The molecular weight excluding hydrogens is 154 g/mol. The normalized spacial score (nSPS) is 24.7. The van der Waals surface area contributed by atoms with E-state index in [9.17, 15) is 4.79 Å². The molecule has 1 amide bonds. The molecule has 2 unspecified atom stereocenters. The van der Waals surface area contributed by atoms with Crippen LogP contribution in [0.3, 0.4) is 0 Å². The predicted octanol–water partition coefficient (Wildman–Crippen LogP) is -0.233. The highest BCUT2D eigenvalue weighted by molar-refractivity contribution is 5.78. The molecule has 0 aromatic rings. The van der Waals surface area contributed by atoms with E-state index in [4.69, 9.17) is 5.26 Å². The van der Waals surface area contributed by atoms with Crippen LogP contribution in [0, 0.1) is 11.3 Å². The van der Waals surface area contributed by atoms with Crippen LogP contribution in [0.25, 0.3) is 0 Å². The van der Waals surface area contributed by atoms with Crippen LogP contribution in [0.1, 0.15) is 19.8 Å². The highest BCUT2D eigenvalue weighted by Crippen LogP contribution is 2.04. The number of carbonyl (C=O) groups is 1. The number of hydrogen-bond donors (Lipinski definition) is 2. The van der Waals surface area contributed by atoms with Gasteiger partial charge in [-0.1, -0.05) is 0 Å². The van der Waals surface area contributed by atoms with Gasteiger partial charge in [0.2, 0.25) is 5.91 Å². The number of nitrogens with zero attached hydrogens (tertiary/aromatic N) is 1. The van der Waals surface area contributed by atoms with E-state index in [1.165, 1.54) is 0 Å². The first-order valence-electron chi connectivity index (χ1n) is 4.14. The number of rotatable bonds is 3. The summed E-state index contributed by atoms with van der Waals surface area (Å²) in [4.78, 5) is 10.8. The third-order valence-corrected chi connectivity index (χ3v) is 1.95. The second-order valence-corrected chi connectivity index (χ2v) is 3.06. The lowest BCUT2D eigenvalue weighted by Gasteiger charge is -2.11. The van der Waals surface area contributed by atoms with Gasteiger partial charge in [-0.15, -0.1) is 0 Å². The molecule has 0 radical (unpaired) electrons. The molecule has 2 atom stereocenters. The van der Waals surface area contributed by atoms with Gasteiger partial charge in [0.05, 0.1) is 12.1 Å². The van der Waals surface area contributed by atoms with Crippen LogP contribution < -0.4 is 10.6 Å². The van der Waals surface area contributed by atoms with Crippen molar-refractivity contribution in [3.63, 3.8) is 0 Å². The Morgan fingerprint density at radius 3 is 3.17 bits per heavy atom. The van der Waals surface area contributed by atoms with Crippen molar-refractivity contribution < 1.29 is 4.79 Å². The summed E-state index contributed by atoms with van der Waals surface area (Å²) in [6, 6.07) is 2.16. The second-order valence-electron chi connectivity index (χ2n) is 3.06. The van der Waals surface area contributed by atoms with Crippen LogP contribution in [0.5, 0.6) is 0 Å². The second kappa shape index (κ2) is 4.07. The van der Waals surface area contributed by atoms with E-state index in [1.54, 1.807) is 6.92 Å². The Morgan fingerprint density at radius 2 is 2.67 bits per heavy atom. The first-order chi connectivity index (χ1) is 5.72. The summed E-state index contributed by atoms with van der Waals surface area (Å²) in [7, 11) is 0. The van der Waals surface area contributed by atoms with Gasteiger partial charge < -0.3 is 10.6 Å². The fourth-order valence-corrected chi connectivity index (χ4v) is 1.20. The Labute approximate surface area is 71.9 Å². The van der Waals surface area contributed by atoms with Gasteiger partial charge in [-0.2, -0.15) is 5.26 Å². The molecular formula is C8H13N3O. The van der Waals surface area contributed by atoms with Gasteiger partial charge in [0, 0.05) is 19.0 Å². The van der Waals surface area contributed by atoms with Crippen LogP contribution in [-0.2, 0) is 4.79 Å². The summed E-state index contributed by atoms with van der Waals surface area (Å²) in [6.45, 7) is 2.50. The zero-order chi connectivity index (χ0) is 8.97. The van der Waals surface area contributed by atoms with Crippen molar-refractivity contribution in [3.8, 4) is 6.07 Å². The lowest BCUT2D eigenvalue weighted by Crippen LogP contribution is -2.38. The quantitative estimate of drug-likeness (QED) is 0.610. The summed E-state index contributed by atoms with van der Waals surface area (Å²) in [5, 5.41) is 14.3. The van der Waals surface area contributed by atoms with Gasteiger partial charge >= 0.3 is 0 Å². The predicted molar refractivity (Wildman–Crippen MR) is 44.2 cm³/mol. The number of hydrogen-bond acceptors (Lipinski definition) is 3. The zero-order valence-electron chi connectivity index (χ0n) is 7.13. The fourth-order valence-electron chi connectivity index (χ4n) is 1.20. The van der Waals surface area contributed by atoms with Gasteiger partial charge in [0.1, 0.15) is 0 Å². The van der Waals surface area contributed by atoms with Crippen LogP contribution in [0.15, 0.2) is 0 Å².